The number of sulfone groups is 1. The summed E-state index contributed by atoms with van der Waals surface area (Å²) in [7, 11) is -3.20. The van der Waals surface area contributed by atoms with Crippen molar-refractivity contribution >= 4 is 26.9 Å². The van der Waals surface area contributed by atoms with Gasteiger partial charge in [0.15, 0.2) is 9.84 Å². The fourth-order valence-corrected chi connectivity index (χ4v) is 6.16. The van der Waals surface area contributed by atoms with Crippen LogP contribution < -0.4 is 5.73 Å². The van der Waals surface area contributed by atoms with Crippen molar-refractivity contribution in [2.24, 2.45) is 5.73 Å². The van der Waals surface area contributed by atoms with Gasteiger partial charge in [-0.2, -0.15) is 0 Å². The summed E-state index contributed by atoms with van der Waals surface area (Å²) in [5.41, 5.74) is 11.2. The maximum atomic E-state index is 11.8. The molecule has 1 aromatic heterocycles. The van der Waals surface area contributed by atoms with E-state index in [0.29, 0.717) is 5.70 Å². The summed E-state index contributed by atoms with van der Waals surface area (Å²) < 4.78 is 23.7. The van der Waals surface area contributed by atoms with Gasteiger partial charge in [0.2, 0.25) is 0 Å². The number of aryl methyl sites for hydroxylation is 1. The van der Waals surface area contributed by atoms with Gasteiger partial charge in [-0.25, -0.2) is 8.42 Å². The van der Waals surface area contributed by atoms with Crippen LogP contribution in [0.1, 0.15) is 21.6 Å². The third-order valence-electron chi connectivity index (χ3n) is 3.91. The molecule has 1 aromatic carbocycles. The van der Waals surface area contributed by atoms with E-state index in [2.05, 4.69) is 18.2 Å². The lowest BCUT2D eigenvalue weighted by molar-refractivity contribution is 0.604. The molecule has 2 aliphatic rings. The highest BCUT2D eigenvalue weighted by Gasteiger charge is 2.30. The standard InChI is InChI=1S/C15H13NO2S2/c16-12-7-20(17,18)8-13-14(12)11-6-5-9-3-1-2-4-10(9)15(11)19-13/h1-4,7H,5-6,8,16H2. The van der Waals surface area contributed by atoms with Crippen molar-refractivity contribution < 1.29 is 8.42 Å². The van der Waals surface area contributed by atoms with Crippen LogP contribution in [-0.2, 0) is 28.4 Å². The maximum Gasteiger partial charge on any atom is 0.178 e. The molecule has 0 bridgehead atoms. The fourth-order valence-electron chi connectivity index (χ4n) is 3.11. The zero-order valence-electron chi connectivity index (χ0n) is 10.7. The van der Waals surface area contributed by atoms with Gasteiger partial charge in [0.05, 0.1) is 16.9 Å². The Morgan fingerprint density at radius 1 is 1.15 bits per heavy atom. The van der Waals surface area contributed by atoms with Crippen molar-refractivity contribution in [3.8, 4) is 10.4 Å². The molecule has 20 heavy (non-hydrogen) atoms. The number of rotatable bonds is 0. The summed E-state index contributed by atoms with van der Waals surface area (Å²) >= 11 is 1.59. The third-order valence-corrected chi connectivity index (χ3v) is 6.67. The van der Waals surface area contributed by atoms with E-state index in [1.165, 1.54) is 27.0 Å². The summed E-state index contributed by atoms with van der Waals surface area (Å²) in [6.07, 6.45) is 1.93. The highest BCUT2D eigenvalue weighted by atomic mass is 32.2. The maximum absolute atomic E-state index is 11.8. The van der Waals surface area contributed by atoms with E-state index in [1.54, 1.807) is 11.3 Å². The van der Waals surface area contributed by atoms with Crippen molar-refractivity contribution in [1.82, 2.24) is 0 Å². The SMILES string of the molecule is NC1=CS(=O)(=O)Cc2sc3c(c21)CCc1ccccc1-3. The normalized spacial score (nSPS) is 18.7. The van der Waals surface area contributed by atoms with Crippen molar-refractivity contribution in [3.05, 3.63) is 51.2 Å². The molecular weight excluding hydrogens is 290 g/mol. The van der Waals surface area contributed by atoms with E-state index in [0.717, 1.165) is 23.3 Å². The molecule has 0 amide bonds. The third kappa shape index (κ3) is 1.66. The van der Waals surface area contributed by atoms with Crippen LogP contribution in [0, 0.1) is 0 Å². The Hall–Kier alpha value is -1.59. The Labute approximate surface area is 121 Å². The molecule has 0 atom stereocenters. The molecule has 0 saturated heterocycles. The van der Waals surface area contributed by atoms with E-state index in [4.69, 9.17) is 5.73 Å². The minimum atomic E-state index is -3.20. The van der Waals surface area contributed by atoms with Gasteiger partial charge in [-0.05, 0) is 29.5 Å². The van der Waals surface area contributed by atoms with Gasteiger partial charge in [-0.1, -0.05) is 24.3 Å². The van der Waals surface area contributed by atoms with E-state index in [1.807, 2.05) is 6.07 Å². The Kier molecular flexibility index (Phi) is 2.41. The zero-order chi connectivity index (χ0) is 13.9. The molecule has 5 heteroatoms. The molecular formula is C15H13NO2S2. The topological polar surface area (TPSA) is 60.2 Å². The predicted octanol–water partition coefficient (Wildman–Crippen LogP) is 2.70. The van der Waals surface area contributed by atoms with E-state index < -0.39 is 9.84 Å². The zero-order valence-corrected chi connectivity index (χ0v) is 12.4. The molecule has 1 aliphatic heterocycles. The number of thiophene rings is 1. The average molecular weight is 303 g/mol. The van der Waals surface area contributed by atoms with E-state index in [9.17, 15) is 8.42 Å². The smallest absolute Gasteiger partial charge is 0.178 e. The van der Waals surface area contributed by atoms with Crippen LogP contribution in [0.5, 0.6) is 0 Å². The van der Waals surface area contributed by atoms with Gasteiger partial charge in [0.1, 0.15) is 0 Å². The predicted molar refractivity (Wildman–Crippen MR) is 82.0 cm³/mol. The fraction of sp³-hybridized carbons (Fsp3) is 0.200. The van der Waals surface area contributed by atoms with Gasteiger partial charge >= 0.3 is 0 Å². The minimum Gasteiger partial charge on any atom is -0.398 e. The Morgan fingerprint density at radius 3 is 2.80 bits per heavy atom. The summed E-state index contributed by atoms with van der Waals surface area (Å²) in [5, 5.41) is 1.23. The Bertz CT molecular complexity index is 860. The first kappa shape index (κ1) is 12.2. The number of hydrogen-bond acceptors (Lipinski definition) is 4. The monoisotopic (exact) mass is 303 g/mol. The molecule has 2 N–H and O–H groups in total. The summed E-state index contributed by atoms with van der Waals surface area (Å²) in [4.78, 5) is 2.09. The first-order chi connectivity index (χ1) is 9.55. The molecule has 0 radical (unpaired) electrons. The number of fused-ring (bicyclic) bond motifs is 5. The van der Waals surface area contributed by atoms with Gasteiger partial charge in [-0.3, -0.25) is 0 Å². The van der Waals surface area contributed by atoms with Gasteiger partial charge in [0, 0.05) is 15.3 Å². The molecule has 1 aliphatic carbocycles. The van der Waals surface area contributed by atoms with Crippen molar-refractivity contribution in [1.29, 1.82) is 0 Å². The number of benzene rings is 1. The van der Waals surface area contributed by atoms with E-state index >= 15 is 0 Å². The van der Waals surface area contributed by atoms with Crippen LogP contribution in [0.15, 0.2) is 29.7 Å². The second-order valence-corrected chi connectivity index (χ2v) is 8.20. The summed E-state index contributed by atoms with van der Waals surface area (Å²) in [5.74, 6) is 0.0862. The minimum absolute atomic E-state index is 0.0862. The second-order valence-electron chi connectivity index (χ2n) is 5.25. The van der Waals surface area contributed by atoms with Crippen LogP contribution >= 0.6 is 11.3 Å². The largest absolute Gasteiger partial charge is 0.398 e. The van der Waals surface area contributed by atoms with Crippen LogP contribution in [0.25, 0.3) is 16.1 Å². The first-order valence-corrected chi connectivity index (χ1v) is 9.01. The van der Waals surface area contributed by atoms with Crippen molar-refractivity contribution in [2.45, 2.75) is 18.6 Å². The highest BCUT2D eigenvalue weighted by Crippen LogP contribution is 2.46. The molecule has 0 spiro atoms. The summed E-state index contributed by atoms with van der Waals surface area (Å²) in [6, 6.07) is 8.34. The van der Waals surface area contributed by atoms with Crippen molar-refractivity contribution in [3.63, 3.8) is 0 Å². The molecule has 2 aromatic rings. The van der Waals surface area contributed by atoms with Crippen LogP contribution in [0.3, 0.4) is 0 Å². The van der Waals surface area contributed by atoms with Gasteiger partial charge in [0.25, 0.3) is 0 Å². The second kappa shape index (κ2) is 3.96. The van der Waals surface area contributed by atoms with E-state index in [-0.39, 0.29) is 5.75 Å². The lowest BCUT2D eigenvalue weighted by Crippen LogP contribution is -2.14. The average Bonchev–Trinajstić information content (AvgIpc) is 2.75. The molecule has 4 rings (SSSR count). The molecule has 0 unspecified atom stereocenters. The Morgan fingerprint density at radius 2 is 1.95 bits per heavy atom. The van der Waals surface area contributed by atoms with Crippen LogP contribution in [0.2, 0.25) is 0 Å². The number of hydrogen-bond donors (Lipinski definition) is 1. The summed E-state index contributed by atoms with van der Waals surface area (Å²) in [6.45, 7) is 0. The lowest BCUT2D eigenvalue weighted by atomic mass is 9.88. The molecule has 2 heterocycles. The lowest BCUT2D eigenvalue weighted by Gasteiger charge is -2.18. The quantitative estimate of drug-likeness (QED) is 0.814. The Balaban J connectivity index is 2.00. The van der Waals surface area contributed by atoms with Crippen LogP contribution in [-0.4, -0.2) is 8.42 Å². The number of nitrogens with two attached hydrogens (primary N) is 1. The highest BCUT2D eigenvalue weighted by molar-refractivity contribution is 7.93. The van der Waals surface area contributed by atoms with Gasteiger partial charge < -0.3 is 5.73 Å². The van der Waals surface area contributed by atoms with Crippen molar-refractivity contribution in [2.75, 3.05) is 0 Å². The van der Waals surface area contributed by atoms with Gasteiger partial charge in [-0.15, -0.1) is 11.3 Å². The molecule has 0 fully saturated rings. The molecule has 3 nitrogen and oxygen atoms in total. The molecule has 102 valence electrons. The first-order valence-electron chi connectivity index (χ1n) is 6.48. The van der Waals surface area contributed by atoms with Crippen LogP contribution in [0.4, 0.5) is 0 Å². The molecule has 0 saturated carbocycles.